The Bertz CT molecular complexity index is 1210. The van der Waals surface area contributed by atoms with Crippen LogP contribution >= 0.6 is 0 Å². The van der Waals surface area contributed by atoms with Crippen molar-refractivity contribution in [3.8, 4) is 22.7 Å². The molecule has 28 heavy (non-hydrogen) atoms. The average Bonchev–Trinajstić information content (AvgIpc) is 3.17. The van der Waals surface area contributed by atoms with E-state index in [1.807, 2.05) is 30.3 Å². The Morgan fingerprint density at radius 3 is 2.79 bits per heavy atom. The number of ether oxygens (including phenoxy) is 1. The zero-order valence-electron chi connectivity index (χ0n) is 15.9. The van der Waals surface area contributed by atoms with Gasteiger partial charge in [-0.1, -0.05) is 12.1 Å². The molecule has 0 atom stereocenters. The van der Waals surface area contributed by atoms with Gasteiger partial charge in [-0.2, -0.15) is 4.57 Å². The van der Waals surface area contributed by atoms with Gasteiger partial charge >= 0.3 is 5.69 Å². The van der Waals surface area contributed by atoms with Crippen LogP contribution in [0.1, 0.15) is 25.1 Å². The maximum Gasteiger partial charge on any atom is 0.323 e. The molecule has 4 aromatic rings. The van der Waals surface area contributed by atoms with Gasteiger partial charge in [0.1, 0.15) is 6.20 Å². The number of aromatic nitrogens is 4. The third-order valence-electron chi connectivity index (χ3n) is 5.57. The lowest BCUT2D eigenvalue weighted by Crippen LogP contribution is -2.38. The molecular formula is C22H23N4O2+. The fraction of sp³-hybridized carbons (Fsp3) is 0.273. The van der Waals surface area contributed by atoms with Crippen molar-refractivity contribution in [2.45, 2.75) is 32.2 Å². The number of nitrogens with one attached hydrogen (secondary N) is 2. The highest BCUT2D eigenvalue weighted by Gasteiger charge is 2.28. The Morgan fingerprint density at radius 1 is 1.04 bits per heavy atom. The first kappa shape index (κ1) is 16.9. The predicted molar refractivity (Wildman–Crippen MR) is 108 cm³/mol. The molecule has 1 aliphatic heterocycles. The molecule has 0 unspecified atom stereocenters. The molecule has 0 spiro atoms. The predicted octanol–water partition coefficient (Wildman–Crippen LogP) is 3.34. The van der Waals surface area contributed by atoms with Crippen LogP contribution in [0.2, 0.25) is 0 Å². The molecule has 0 aliphatic carbocycles. The van der Waals surface area contributed by atoms with Crippen molar-refractivity contribution in [2.24, 2.45) is 0 Å². The molecule has 6 heteroatoms. The molecule has 0 radical (unpaired) electrons. The van der Waals surface area contributed by atoms with Gasteiger partial charge in [-0.05, 0) is 49.6 Å². The van der Waals surface area contributed by atoms with Crippen LogP contribution in [0.15, 0.2) is 53.5 Å². The summed E-state index contributed by atoms with van der Waals surface area (Å²) in [5.74, 6) is 2.15. The van der Waals surface area contributed by atoms with E-state index in [0.717, 1.165) is 46.7 Å². The lowest BCUT2D eigenvalue weighted by molar-refractivity contribution is -0.692. The maximum absolute atomic E-state index is 11.6. The number of nitrogens with zero attached hydrogens (tertiary/aromatic N) is 2. The van der Waals surface area contributed by atoms with Crippen molar-refractivity contribution >= 4 is 11.0 Å². The molecule has 0 saturated heterocycles. The number of hydrogen-bond donors (Lipinski definition) is 2. The summed E-state index contributed by atoms with van der Waals surface area (Å²) in [6.45, 7) is 0.995. The standard InChI is InChI=1S/C22H22N4O2/c1-28-20-8-5-4-7-18(20)26-14-19(25-12-6-2-3-9-21(25)26)15-10-11-16-17(13-15)24-22(27)23-16/h4-5,7-8,10-11,13-14H,2-3,6,9,12H2,1H3,(H-,23,24,27)/p+1. The number of methoxy groups -OCH3 is 1. The van der Waals surface area contributed by atoms with Gasteiger partial charge < -0.3 is 14.7 Å². The highest BCUT2D eigenvalue weighted by molar-refractivity contribution is 5.80. The highest BCUT2D eigenvalue weighted by atomic mass is 16.5. The lowest BCUT2D eigenvalue weighted by atomic mass is 10.1. The van der Waals surface area contributed by atoms with Crippen LogP contribution in [-0.2, 0) is 13.0 Å². The Hall–Kier alpha value is -3.28. The van der Waals surface area contributed by atoms with E-state index < -0.39 is 0 Å². The van der Waals surface area contributed by atoms with Crippen molar-refractivity contribution in [2.75, 3.05) is 7.11 Å². The van der Waals surface area contributed by atoms with Crippen molar-refractivity contribution in [1.82, 2.24) is 14.5 Å². The van der Waals surface area contributed by atoms with E-state index in [1.165, 1.54) is 25.1 Å². The van der Waals surface area contributed by atoms with Gasteiger partial charge in [-0.15, -0.1) is 0 Å². The highest BCUT2D eigenvalue weighted by Crippen LogP contribution is 2.29. The third-order valence-corrected chi connectivity index (χ3v) is 5.57. The van der Waals surface area contributed by atoms with Crippen LogP contribution in [0.3, 0.4) is 0 Å². The summed E-state index contributed by atoms with van der Waals surface area (Å²) in [5.41, 5.74) is 4.79. The van der Waals surface area contributed by atoms with E-state index >= 15 is 0 Å². The van der Waals surface area contributed by atoms with Crippen molar-refractivity contribution in [3.63, 3.8) is 0 Å². The van der Waals surface area contributed by atoms with Crippen molar-refractivity contribution in [3.05, 3.63) is 65.0 Å². The molecular weight excluding hydrogens is 352 g/mol. The Balaban J connectivity index is 1.73. The van der Waals surface area contributed by atoms with Crippen LogP contribution in [0, 0.1) is 0 Å². The van der Waals surface area contributed by atoms with Gasteiger partial charge in [-0.3, -0.25) is 0 Å². The van der Waals surface area contributed by atoms with E-state index in [-0.39, 0.29) is 5.69 Å². The number of imidazole rings is 2. The molecule has 0 amide bonds. The average molecular weight is 375 g/mol. The van der Waals surface area contributed by atoms with Crippen LogP contribution in [-0.4, -0.2) is 21.6 Å². The summed E-state index contributed by atoms with van der Waals surface area (Å²) < 4.78 is 10.3. The second-order valence-corrected chi connectivity index (χ2v) is 7.27. The Labute approximate surface area is 162 Å². The largest absolute Gasteiger partial charge is 0.492 e. The van der Waals surface area contributed by atoms with Gasteiger partial charge in [0.25, 0.3) is 5.82 Å². The molecule has 5 rings (SSSR count). The monoisotopic (exact) mass is 375 g/mol. The van der Waals surface area contributed by atoms with Gasteiger partial charge in [0.2, 0.25) is 0 Å². The summed E-state index contributed by atoms with van der Waals surface area (Å²) in [7, 11) is 1.71. The topological polar surface area (TPSA) is 66.7 Å². The molecule has 2 aromatic carbocycles. The Kier molecular flexibility index (Phi) is 4.04. The van der Waals surface area contributed by atoms with E-state index in [0.29, 0.717) is 0 Å². The summed E-state index contributed by atoms with van der Waals surface area (Å²) in [6.07, 6.45) is 6.82. The van der Waals surface area contributed by atoms with Gasteiger partial charge in [0.05, 0.1) is 24.7 Å². The first-order chi connectivity index (χ1) is 13.7. The number of rotatable bonds is 3. The maximum atomic E-state index is 11.6. The lowest BCUT2D eigenvalue weighted by Gasteiger charge is -2.06. The molecule has 2 N–H and O–H groups in total. The SMILES string of the molecule is COc1ccccc1-n1cc(-c2ccc3[nH]c(=O)[nH]c3c2)[n+]2c1CCCCC2. The van der Waals surface area contributed by atoms with Crippen LogP contribution in [0.25, 0.3) is 28.0 Å². The van der Waals surface area contributed by atoms with E-state index in [4.69, 9.17) is 4.74 Å². The molecule has 3 heterocycles. The van der Waals surface area contributed by atoms with Crippen LogP contribution in [0.4, 0.5) is 0 Å². The minimum atomic E-state index is -0.176. The smallest absolute Gasteiger partial charge is 0.323 e. The summed E-state index contributed by atoms with van der Waals surface area (Å²) in [4.78, 5) is 17.3. The third kappa shape index (κ3) is 2.72. The molecule has 1 aliphatic rings. The number of H-pyrrole nitrogens is 2. The molecule has 6 nitrogen and oxygen atoms in total. The second kappa shape index (κ2) is 6.71. The van der Waals surface area contributed by atoms with E-state index in [2.05, 4.69) is 37.4 Å². The molecule has 142 valence electrons. The molecule has 2 aromatic heterocycles. The summed E-state index contributed by atoms with van der Waals surface area (Å²) in [6, 6.07) is 14.2. The number of fused-ring (bicyclic) bond motifs is 2. The first-order valence-electron chi connectivity index (χ1n) is 9.74. The van der Waals surface area contributed by atoms with Gasteiger partial charge in [0, 0.05) is 12.0 Å². The molecule has 0 saturated carbocycles. The Morgan fingerprint density at radius 2 is 1.89 bits per heavy atom. The number of benzene rings is 2. The quantitative estimate of drug-likeness (QED) is 0.540. The summed E-state index contributed by atoms with van der Waals surface area (Å²) in [5, 5.41) is 0. The zero-order valence-corrected chi connectivity index (χ0v) is 15.9. The van der Waals surface area contributed by atoms with Crippen LogP contribution in [0.5, 0.6) is 5.75 Å². The van der Waals surface area contributed by atoms with Gasteiger partial charge in [0.15, 0.2) is 17.1 Å². The van der Waals surface area contributed by atoms with Crippen LogP contribution < -0.4 is 15.0 Å². The van der Waals surface area contributed by atoms with Gasteiger partial charge in [-0.25, -0.2) is 9.36 Å². The summed E-state index contributed by atoms with van der Waals surface area (Å²) >= 11 is 0. The van der Waals surface area contributed by atoms with Crippen molar-refractivity contribution in [1.29, 1.82) is 0 Å². The minimum absolute atomic E-state index is 0.176. The second-order valence-electron chi connectivity index (χ2n) is 7.27. The zero-order chi connectivity index (χ0) is 19.1. The minimum Gasteiger partial charge on any atom is -0.492 e. The molecule has 0 fully saturated rings. The van der Waals surface area contributed by atoms with E-state index in [1.54, 1.807) is 7.11 Å². The van der Waals surface area contributed by atoms with E-state index in [9.17, 15) is 4.79 Å². The molecule has 0 bridgehead atoms. The first-order valence-corrected chi connectivity index (χ1v) is 9.74. The van der Waals surface area contributed by atoms with Crippen molar-refractivity contribution < 1.29 is 9.30 Å². The fourth-order valence-electron chi connectivity index (χ4n) is 4.23. The number of aromatic amines is 2. The number of hydrogen-bond acceptors (Lipinski definition) is 2. The fourth-order valence-corrected chi connectivity index (χ4v) is 4.23. The number of para-hydroxylation sites is 2. The normalized spacial score (nSPS) is 14.0.